The summed E-state index contributed by atoms with van der Waals surface area (Å²) in [6, 6.07) is 0. The van der Waals surface area contributed by atoms with Crippen LogP contribution in [0.15, 0.2) is 0 Å². The lowest BCUT2D eigenvalue weighted by Crippen LogP contribution is -2.40. The van der Waals surface area contributed by atoms with Gasteiger partial charge in [0.15, 0.2) is 0 Å². The molecule has 1 aliphatic heterocycles. The van der Waals surface area contributed by atoms with E-state index in [0.29, 0.717) is 0 Å². The van der Waals surface area contributed by atoms with Gasteiger partial charge in [-0.25, -0.2) is 0 Å². The van der Waals surface area contributed by atoms with E-state index in [-0.39, 0.29) is 5.41 Å². The summed E-state index contributed by atoms with van der Waals surface area (Å²) in [4.78, 5) is 16.0. The van der Waals surface area contributed by atoms with Crippen LogP contribution in [0.5, 0.6) is 0 Å². The second kappa shape index (κ2) is 7.25. The molecule has 1 unspecified atom stereocenters. The zero-order chi connectivity index (χ0) is 13.6. The van der Waals surface area contributed by atoms with Gasteiger partial charge in [0.1, 0.15) is 6.29 Å². The van der Waals surface area contributed by atoms with Crippen LogP contribution in [0.4, 0.5) is 0 Å². The van der Waals surface area contributed by atoms with Crippen molar-refractivity contribution in [1.82, 2.24) is 9.80 Å². The molecule has 106 valence electrons. The maximum Gasteiger partial charge on any atom is 0.127 e. The minimum atomic E-state index is -0.158. The standard InChI is InChI=1S/C15H30N2O/c1-5-8-15(2,13-18)12-17(4)11-14-6-9-16(3)10-7-14/h13-14H,5-12H2,1-4H3. The Hall–Kier alpha value is -0.410. The first-order chi connectivity index (χ1) is 8.49. The second-order valence-corrected chi connectivity index (χ2v) is 6.47. The summed E-state index contributed by atoms with van der Waals surface area (Å²) in [5.41, 5.74) is -0.158. The van der Waals surface area contributed by atoms with Gasteiger partial charge < -0.3 is 14.6 Å². The number of piperidine rings is 1. The normalized spacial score (nSPS) is 22.1. The Bertz CT molecular complexity index is 249. The van der Waals surface area contributed by atoms with E-state index in [0.717, 1.165) is 38.1 Å². The third kappa shape index (κ3) is 5.07. The van der Waals surface area contributed by atoms with Crippen molar-refractivity contribution in [3.8, 4) is 0 Å². The minimum Gasteiger partial charge on any atom is -0.306 e. The van der Waals surface area contributed by atoms with Crippen molar-refractivity contribution in [2.45, 2.75) is 39.5 Å². The molecular formula is C15H30N2O. The van der Waals surface area contributed by atoms with Crippen LogP contribution in [0.1, 0.15) is 39.5 Å². The quantitative estimate of drug-likeness (QED) is 0.651. The number of nitrogens with zero attached hydrogens (tertiary/aromatic N) is 2. The molecule has 0 aromatic carbocycles. The van der Waals surface area contributed by atoms with Gasteiger partial charge in [0.25, 0.3) is 0 Å². The molecule has 0 aromatic heterocycles. The van der Waals surface area contributed by atoms with Crippen molar-refractivity contribution in [1.29, 1.82) is 0 Å². The lowest BCUT2D eigenvalue weighted by molar-refractivity contribution is -0.116. The highest BCUT2D eigenvalue weighted by molar-refractivity contribution is 5.58. The molecule has 1 aliphatic rings. The van der Waals surface area contributed by atoms with E-state index in [1.165, 1.54) is 25.9 Å². The highest BCUT2D eigenvalue weighted by atomic mass is 16.1. The first kappa shape index (κ1) is 15.6. The van der Waals surface area contributed by atoms with Crippen LogP contribution in [0.3, 0.4) is 0 Å². The summed E-state index contributed by atoms with van der Waals surface area (Å²) in [5, 5.41) is 0. The molecule has 0 saturated carbocycles. The zero-order valence-electron chi connectivity index (χ0n) is 12.6. The highest BCUT2D eigenvalue weighted by Crippen LogP contribution is 2.23. The van der Waals surface area contributed by atoms with E-state index < -0.39 is 0 Å². The van der Waals surface area contributed by atoms with E-state index in [2.05, 4.69) is 37.7 Å². The molecule has 1 atom stereocenters. The van der Waals surface area contributed by atoms with Crippen LogP contribution >= 0.6 is 0 Å². The fraction of sp³-hybridized carbons (Fsp3) is 0.933. The van der Waals surface area contributed by atoms with E-state index >= 15 is 0 Å². The summed E-state index contributed by atoms with van der Waals surface area (Å²) in [7, 11) is 4.36. The Kier molecular flexibility index (Phi) is 6.30. The summed E-state index contributed by atoms with van der Waals surface area (Å²) < 4.78 is 0. The first-order valence-corrected chi connectivity index (χ1v) is 7.32. The van der Waals surface area contributed by atoms with Gasteiger partial charge in [-0.1, -0.05) is 20.3 Å². The molecular weight excluding hydrogens is 224 g/mol. The highest BCUT2D eigenvalue weighted by Gasteiger charge is 2.26. The predicted molar refractivity (Wildman–Crippen MR) is 76.8 cm³/mol. The number of hydrogen-bond acceptors (Lipinski definition) is 3. The number of carbonyl (C=O) groups is 1. The number of rotatable bonds is 7. The first-order valence-electron chi connectivity index (χ1n) is 7.32. The van der Waals surface area contributed by atoms with Gasteiger partial charge in [-0.3, -0.25) is 0 Å². The Morgan fingerprint density at radius 1 is 1.39 bits per heavy atom. The smallest absolute Gasteiger partial charge is 0.127 e. The molecule has 1 saturated heterocycles. The van der Waals surface area contributed by atoms with Crippen LogP contribution in [-0.4, -0.2) is 56.4 Å². The topological polar surface area (TPSA) is 23.6 Å². The van der Waals surface area contributed by atoms with Crippen molar-refractivity contribution >= 4 is 6.29 Å². The third-order valence-electron chi connectivity index (χ3n) is 4.14. The Morgan fingerprint density at radius 3 is 2.50 bits per heavy atom. The molecule has 1 fully saturated rings. The molecule has 0 N–H and O–H groups in total. The van der Waals surface area contributed by atoms with E-state index in [4.69, 9.17) is 0 Å². The predicted octanol–water partition coefficient (Wildman–Crippen LogP) is 2.27. The summed E-state index contributed by atoms with van der Waals surface area (Å²) in [5.74, 6) is 0.809. The van der Waals surface area contributed by atoms with Gasteiger partial charge in [0, 0.05) is 18.5 Å². The van der Waals surface area contributed by atoms with Gasteiger partial charge in [-0.15, -0.1) is 0 Å². The molecule has 0 aromatic rings. The van der Waals surface area contributed by atoms with Gasteiger partial charge >= 0.3 is 0 Å². The van der Waals surface area contributed by atoms with Crippen molar-refractivity contribution in [2.75, 3.05) is 40.3 Å². The Morgan fingerprint density at radius 2 is 2.00 bits per heavy atom. The van der Waals surface area contributed by atoms with Crippen molar-refractivity contribution in [3.05, 3.63) is 0 Å². The third-order valence-corrected chi connectivity index (χ3v) is 4.14. The van der Waals surface area contributed by atoms with E-state index in [1.807, 2.05) is 0 Å². The van der Waals surface area contributed by atoms with Crippen molar-refractivity contribution in [3.63, 3.8) is 0 Å². The summed E-state index contributed by atoms with van der Waals surface area (Å²) in [6.07, 6.45) is 5.83. The molecule has 0 bridgehead atoms. The van der Waals surface area contributed by atoms with Crippen molar-refractivity contribution in [2.24, 2.45) is 11.3 Å². The van der Waals surface area contributed by atoms with Crippen LogP contribution in [0.25, 0.3) is 0 Å². The Balaban J connectivity index is 2.36. The molecule has 0 aliphatic carbocycles. The van der Waals surface area contributed by atoms with Gasteiger partial charge in [0.2, 0.25) is 0 Å². The van der Waals surface area contributed by atoms with E-state index in [9.17, 15) is 4.79 Å². The molecule has 1 rings (SSSR count). The number of carbonyl (C=O) groups excluding carboxylic acids is 1. The second-order valence-electron chi connectivity index (χ2n) is 6.47. The average Bonchev–Trinajstić information content (AvgIpc) is 2.32. The van der Waals surface area contributed by atoms with Crippen LogP contribution < -0.4 is 0 Å². The van der Waals surface area contributed by atoms with E-state index in [1.54, 1.807) is 0 Å². The van der Waals surface area contributed by atoms with Gasteiger partial charge in [-0.05, 0) is 52.4 Å². The number of hydrogen-bond donors (Lipinski definition) is 0. The van der Waals surface area contributed by atoms with Gasteiger partial charge in [-0.2, -0.15) is 0 Å². The molecule has 0 radical (unpaired) electrons. The van der Waals surface area contributed by atoms with Crippen LogP contribution in [0.2, 0.25) is 0 Å². The molecule has 18 heavy (non-hydrogen) atoms. The average molecular weight is 254 g/mol. The monoisotopic (exact) mass is 254 g/mol. The Labute approximate surface area is 113 Å². The largest absolute Gasteiger partial charge is 0.306 e. The van der Waals surface area contributed by atoms with Crippen molar-refractivity contribution < 1.29 is 4.79 Å². The zero-order valence-corrected chi connectivity index (χ0v) is 12.6. The molecule has 0 spiro atoms. The molecule has 3 heteroatoms. The molecule has 3 nitrogen and oxygen atoms in total. The van der Waals surface area contributed by atoms with Crippen LogP contribution in [-0.2, 0) is 4.79 Å². The maximum atomic E-state index is 11.3. The fourth-order valence-electron chi connectivity index (χ4n) is 3.11. The number of aldehydes is 1. The lowest BCUT2D eigenvalue weighted by Gasteiger charge is -2.34. The fourth-order valence-corrected chi connectivity index (χ4v) is 3.11. The summed E-state index contributed by atoms with van der Waals surface area (Å²) >= 11 is 0. The minimum absolute atomic E-state index is 0.158. The maximum absolute atomic E-state index is 11.3. The number of likely N-dealkylation sites (tertiary alicyclic amines) is 1. The SMILES string of the molecule is CCCC(C)(C=O)CN(C)CC1CCN(C)CC1. The molecule has 0 amide bonds. The lowest BCUT2D eigenvalue weighted by atomic mass is 9.86. The van der Waals surface area contributed by atoms with Gasteiger partial charge in [0.05, 0.1) is 0 Å². The van der Waals surface area contributed by atoms with Crippen LogP contribution in [0, 0.1) is 11.3 Å². The summed E-state index contributed by atoms with van der Waals surface area (Å²) in [6.45, 7) is 8.72. The molecule has 1 heterocycles.